The summed E-state index contributed by atoms with van der Waals surface area (Å²) in [6.07, 6.45) is 7.48. The Morgan fingerprint density at radius 3 is 2.81 bits per heavy atom. The number of tetrazole rings is 1. The van der Waals surface area contributed by atoms with Gasteiger partial charge in [0.05, 0.1) is 6.04 Å². The van der Waals surface area contributed by atoms with Crippen LogP contribution in [0.5, 0.6) is 0 Å². The number of amides is 1. The highest BCUT2D eigenvalue weighted by Crippen LogP contribution is 2.40. The third-order valence-corrected chi connectivity index (χ3v) is 7.28. The first-order chi connectivity index (χ1) is 15.2. The number of likely N-dealkylation sites (tertiary alicyclic amines) is 1. The van der Waals surface area contributed by atoms with Crippen molar-refractivity contribution >= 4 is 16.8 Å². The van der Waals surface area contributed by atoms with Gasteiger partial charge in [0.1, 0.15) is 5.54 Å². The minimum atomic E-state index is -0.344. The van der Waals surface area contributed by atoms with Crippen LogP contribution in [0.2, 0.25) is 0 Å². The number of rotatable bonds is 6. The van der Waals surface area contributed by atoms with Gasteiger partial charge in [0.15, 0.2) is 5.82 Å². The molecule has 1 aliphatic carbocycles. The molecule has 1 atom stereocenters. The average Bonchev–Trinajstić information content (AvgIpc) is 3.59. The van der Waals surface area contributed by atoms with Crippen LogP contribution in [0, 0.1) is 0 Å². The van der Waals surface area contributed by atoms with E-state index in [1.165, 1.54) is 12.8 Å². The third-order valence-electron chi connectivity index (χ3n) is 7.28. The lowest BCUT2D eigenvalue weighted by Gasteiger charge is -2.39. The molecule has 3 heterocycles. The summed E-state index contributed by atoms with van der Waals surface area (Å²) in [6, 6.07) is 8.26. The number of carbonyl (C=O) groups is 1. The smallest absolute Gasteiger partial charge is 0.253 e. The Hall–Kier alpha value is -2.74. The molecule has 1 aliphatic heterocycles. The summed E-state index contributed by atoms with van der Waals surface area (Å²) in [7, 11) is 0. The van der Waals surface area contributed by atoms with Crippen molar-refractivity contribution in [2.75, 3.05) is 26.2 Å². The Bertz CT molecular complexity index is 1060. The first-order valence-corrected chi connectivity index (χ1v) is 11.6. The van der Waals surface area contributed by atoms with Gasteiger partial charge in [0.2, 0.25) is 0 Å². The highest BCUT2D eigenvalue weighted by atomic mass is 16.2. The van der Waals surface area contributed by atoms with E-state index < -0.39 is 0 Å². The number of aromatic amines is 1. The van der Waals surface area contributed by atoms with Gasteiger partial charge in [-0.3, -0.25) is 9.69 Å². The maximum atomic E-state index is 13.4. The van der Waals surface area contributed by atoms with Crippen molar-refractivity contribution in [1.29, 1.82) is 0 Å². The molecular formula is C23H31N7O. The van der Waals surface area contributed by atoms with Crippen molar-refractivity contribution in [3.8, 4) is 0 Å². The van der Waals surface area contributed by atoms with E-state index in [0.29, 0.717) is 19.1 Å². The van der Waals surface area contributed by atoms with Gasteiger partial charge in [0.25, 0.3) is 5.91 Å². The van der Waals surface area contributed by atoms with Crippen LogP contribution in [0.25, 0.3) is 10.9 Å². The highest BCUT2D eigenvalue weighted by molar-refractivity contribution is 5.98. The van der Waals surface area contributed by atoms with Crippen LogP contribution < -0.4 is 0 Å². The quantitative estimate of drug-likeness (QED) is 0.660. The maximum absolute atomic E-state index is 13.4. The highest BCUT2D eigenvalue weighted by Gasteiger charge is 2.49. The molecule has 1 N–H and O–H groups in total. The molecular weight excluding hydrogens is 390 g/mol. The second-order valence-electron chi connectivity index (χ2n) is 8.85. The largest absolute Gasteiger partial charge is 0.361 e. The van der Waals surface area contributed by atoms with Crippen molar-refractivity contribution in [1.82, 2.24) is 35.0 Å². The van der Waals surface area contributed by atoms with Crippen molar-refractivity contribution in [3.05, 3.63) is 41.9 Å². The molecule has 0 bridgehead atoms. The van der Waals surface area contributed by atoms with Crippen LogP contribution in [-0.4, -0.2) is 67.1 Å². The predicted octanol–water partition coefficient (Wildman–Crippen LogP) is 3.35. The van der Waals surface area contributed by atoms with Gasteiger partial charge < -0.3 is 9.88 Å². The number of hydrogen-bond donors (Lipinski definition) is 1. The van der Waals surface area contributed by atoms with E-state index in [1.54, 1.807) is 0 Å². The van der Waals surface area contributed by atoms with E-state index in [9.17, 15) is 4.79 Å². The zero-order valence-corrected chi connectivity index (χ0v) is 18.4. The molecule has 2 aromatic heterocycles. The minimum absolute atomic E-state index is 0.0806. The van der Waals surface area contributed by atoms with Gasteiger partial charge in [-0.05, 0) is 67.0 Å². The number of carbonyl (C=O) groups excluding carboxylic acids is 1. The molecule has 31 heavy (non-hydrogen) atoms. The number of nitrogens with one attached hydrogen (secondary N) is 1. The molecule has 2 aliphatic rings. The summed E-state index contributed by atoms with van der Waals surface area (Å²) in [4.78, 5) is 21.1. The molecule has 1 amide bonds. The molecule has 8 heteroatoms. The first kappa shape index (κ1) is 20.2. The van der Waals surface area contributed by atoms with Crippen LogP contribution in [0.3, 0.4) is 0 Å². The van der Waals surface area contributed by atoms with Crippen LogP contribution in [0.15, 0.2) is 30.5 Å². The normalized spacial score (nSPS) is 22.2. The Morgan fingerprint density at radius 2 is 2.03 bits per heavy atom. The monoisotopic (exact) mass is 421 g/mol. The minimum Gasteiger partial charge on any atom is -0.361 e. The van der Waals surface area contributed by atoms with Gasteiger partial charge in [-0.2, -0.15) is 0 Å². The summed E-state index contributed by atoms with van der Waals surface area (Å²) < 4.78 is 2.07. The predicted molar refractivity (Wildman–Crippen MR) is 119 cm³/mol. The summed E-state index contributed by atoms with van der Waals surface area (Å²) >= 11 is 0. The van der Waals surface area contributed by atoms with Gasteiger partial charge in [-0.25, -0.2) is 4.68 Å². The average molecular weight is 422 g/mol. The lowest BCUT2D eigenvalue weighted by molar-refractivity contribution is 0.0661. The van der Waals surface area contributed by atoms with E-state index in [-0.39, 0.29) is 11.4 Å². The number of aromatic nitrogens is 5. The number of nitrogens with zero attached hydrogens (tertiary/aromatic N) is 6. The SMILES string of the molecule is CCN(CC)C1(c2nnnn2C2CCCC2)CCN(C(=O)c2ccc3[nH]ccc3c2)C1. The van der Waals surface area contributed by atoms with Crippen molar-refractivity contribution in [2.45, 2.75) is 57.5 Å². The molecule has 0 radical (unpaired) electrons. The van der Waals surface area contributed by atoms with Crippen LogP contribution in [-0.2, 0) is 5.54 Å². The number of benzene rings is 1. The molecule has 5 rings (SSSR count). The van der Waals surface area contributed by atoms with Gasteiger partial charge in [-0.15, -0.1) is 5.10 Å². The fraction of sp³-hybridized carbons (Fsp3) is 0.565. The summed E-state index contributed by atoms with van der Waals surface area (Å²) in [5.74, 6) is 1.01. The summed E-state index contributed by atoms with van der Waals surface area (Å²) in [5.41, 5.74) is 1.44. The van der Waals surface area contributed by atoms with Crippen LogP contribution in [0.1, 0.15) is 68.2 Å². The Kier molecular flexibility index (Phi) is 5.25. The topological polar surface area (TPSA) is 82.9 Å². The molecule has 0 spiro atoms. The number of H-pyrrole nitrogens is 1. The molecule has 1 aromatic carbocycles. The molecule has 2 fully saturated rings. The second-order valence-corrected chi connectivity index (χ2v) is 8.85. The Morgan fingerprint density at radius 1 is 1.23 bits per heavy atom. The molecule has 8 nitrogen and oxygen atoms in total. The molecule has 1 saturated heterocycles. The van der Waals surface area contributed by atoms with E-state index in [2.05, 4.69) is 43.9 Å². The fourth-order valence-corrected chi connectivity index (χ4v) is 5.64. The lowest BCUT2D eigenvalue weighted by Crippen LogP contribution is -2.50. The standard InChI is InChI=1S/C23H31N7O/c1-3-29(4-2)23(22-25-26-27-30(22)19-7-5-6-8-19)12-14-28(16-23)21(31)18-9-10-20-17(15-18)11-13-24-20/h9-11,13,15,19,24H,3-8,12,14,16H2,1-2H3. The van der Waals surface area contributed by atoms with Crippen LogP contribution in [0.4, 0.5) is 0 Å². The number of fused-ring (bicyclic) bond motifs is 1. The zero-order valence-electron chi connectivity index (χ0n) is 18.4. The molecule has 1 unspecified atom stereocenters. The van der Waals surface area contributed by atoms with E-state index in [0.717, 1.165) is 54.6 Å². The summed E-state index contributed by atoms with van der Waals surface area (Å²) in [5, 5.41) is 14.1. The molecule has 3 aromatic rings. The van der Waals surface area contributed by atoms with Gasteiger partial charge in [0, 0.05) is 35.8 Å². The van der Waals surface area contributed by atoms with E-state index in [1.807, 2.05) is 35.4 Å². The molecule has 164 valence electrons. The van der Waals surface area contributed by atoms with Gasteiger partial charge >= 0.3 is 0 Å². The number of likely N-dealkylation sites (N-methyl/N-ethyl adjacent to an activating group) is 1. The Balaban J connectivity index is 1.48. The van der Waals surface area contributed by atoms with Crippen molar-refractivity contribution < 1.29 is 4.79 Å². The lowest BCUT2D eigenvalue weighted by atomic mass is 9.94. The second kappa shape index (κ2) is 8.07. The first-order valence-electron chi connectivity index (χ1n) is 11.6. The van der Waals surface area contributed by atoms with E-state index >= 15 is 0 Å². The van der Waals surface area contributed by atoms with E-state index in [4.69, 9.17) is 0 Å². The van der Waals surface area contributed by atoms with Crippen molar-refractivity contribution in [3.63, 3.8) is 0 Å². The zero-order chi connectivity index (χ0) is 21.4. The third kappa shape index (κ3) is 3.33. The Labute approximate surface area is 182 Å². The van der Waals surface area contributed by atoms with Gasteiger partial charge in [-0.1, -0.05) is 26.7 Å². The number of hydrogen-bond acceptors (Lipinski definition) is 5. The summed E-state index contributed by atoms with van der Waals surface area (Å²) in [6.45, 7) is 7.47. The van der Waals surface area contributed by atoms with Crippen molar-refractivity contribution in [2.24, 2.45) is 0 Å². The molecule has 1 saturated carbocycles. The fourth-order valence-electron chi connectivity index (χ4n) is 5.64. The maximum Gasteiger partial charge on any atom is 0.253 e. The van der Waals surface area contributed by atoms with Crippen LogP contribution >= 0.6 is 0 Å².